The zero-order chi connectivity index (χ0) is 20.4. The molecule has 0 unspecified atom stereocenters. The van der Waals surface area contributed by atoms with Gasteiger partial charge in [-0.05, 0) is 52.3 Å². The number of nitrogens with zero attached hydrogens (tertiary/aromatic N) is 1. The van der Waals surface area contributed by atoms with Crippen molar-refractivity contribution in [3.8, 4) is 0 Å². The minimum Gasteiger partial charge on any atom is -0.444 e. The SMILES string of the molecule is CC(C)(C)OC(=O)NC(C)(C)C(=O)N1CCO[C@@H](c2ccc(F)c(F)c2)C1. The Morgan fingerprint density at radius 1 is 1.19 bits per heavy atom. The van der Waals surface area contributed by atoms with Gasteiger partial charge in [-0.2, -0.15) is 0 Å². The van der Waals surface area contributed by atoms with E-state index >= 15 is 0 Å². The molecule has 1 saturated heterocycles. The van der Waals surface area contributed by atoms with Crippen LogP contribution in [0.4, 0.5) is 13.6 Å². The maximum absolute atomic E-state index is 13.5. The maximum Gasteiger partial charge on any atom is 0.408 e. The van der Waals surface area contributed by atoms with Gasteiger partial charge < -0.3 is 19.7 Å². The lowest BCUT2D eigenvalue weighted by Gasteiger charge is -2.38. The van der Waals surface area contributed by atoms with Crippen molar-refractivity contribution in [2.24, 2.45) is 0 Å². The van der Waals surface area contributed by atoms with Gasteiger partial charge in [0.1, 0.15) is 17.2 Å². The van der Waals surface area contributed by atoms with Crippen LogP contribution in [0.3, 0.4) is 0 Å². The molecule has 150 valence electrons. The number of benzene rings is 1. The number of morpholine rings is 1. The third-order valence-electron chi connectivity index (χ3n) is 4.02. The third-order valence-corrected chi connectivity index (χ3v) is 4.02. The fraction of sp³-hybridized carbons (Fsp3) is 0.579. The van der Waals surface area contributed by atoms with Crippen molar-refractivity contribution in [2.75, 3.05) is 19.7 Å². The molecule has 1 fully saturated rings. The average Bonchev–Trinajstić information content (AvgIpc) is 2.54. The summed E-state index contributed by atoms with van der Waals surface area (Å²) >= 11 is 0. The van der Waals surface area contributed by atoms with Crippen LogP contribution in [0.25, 0.3) is 0 Å². The first kappa shape index (κ1) is 21.1. The fourth-order valence-corrected chi connectivity index (χ4v) is 2.76. The van der Waals surface area contributed by atoms with E-state index < -0.39 is 35.0 Å². The number of amides is 2. The smallest absolute Gasteiger partial charge is 0.408 e. The highest BCUT2D eigenvalue weighted by Crippen LogP contribution is 2.25. The van der Waals surface area contributed by atoms with Crippen LogP contribution in [0.1, 0.15) is 46.3 Å². The monoisotopic (exact) mass is 384 g/mol. The van der Waals surface area contributed by atoms with Crippen molar-refractivity contribution in [3.63, 3.8) is 0 Å². The van der Waals surface area contributed by atoms with Gasteiger partial charge in [-0.15, -0.1) is 0 Å². The molecule has 0 bridgehead atoms. The summed E-state index contributed by atoms with van der Waals surface area (Å²) in [6.07, 6.45) is -1.26. The summed E-state index contributed by atoms with van der Waals surface area (Å²) in [6, 6.07) is 3.53. The van der Waals surface area contributed by atoms with E-state index in [4.69, 9.17) is 9.47 Å². The molecule has 2 amide bonds. The molecule has 1 heterocycles. The molecular formula is C19H26F2N2O4. The lowest BCUT2D eigenvalue weighted by Crippen LogP contribution is -2.58. The van der Waals surface area contributed by atoms with Crippen molar-refractivity contribution in [3.05, 3.63) is 35.4 Å². The second-order valence-corrected chi connectivity index (χ2v) is 8.04. The number of hydrogen-bond donors (Lipinski definition) is 1. The molecule has 1 atom stereocenters. The molecule has 1 aromatic rings. The highest BCUT2D eigenvalue weighted by Gasteiger charge is 2.37. The minimum absolute atomic E-state index is 0.170. The van der Waals surface area contributed by atoms with Gasteiger partial charge in [0.2, 0.25) is 5.91 Å². The molecular weight excluding hydrogens is 358 g/mol. The first-order valence-electron chi connectivity index (χ1n) is 8.76. The van der Waals surface area contributed by atoms with Crippen LogP contribution in [-0.4, -0.2) is 47.7 Å². The zero-order valence-corrected chi connectivity index (χ0v) is 16.3. The normalized spacial score (nSPS) is 18.2. The fourth-order valence-electron chi connectivity index (χ4n) is 2.76. The number of carbonyl (C=O) groups excluding carboxylic acids is 2. The first-order chi connectivity index (χ1) is 12.4. The topological polar surface area (TPSA) is 67.9 Å². The Kier molecular flexibility index (Phi) is 6.09. The second kappa shape index (κ2) is 7.80. The van der Waals surface area contributed by atoms with E-state index in [9.17, 15) is 18.4 Å². The Bertz CT molecular complexity index is 716. The van der Waals surface area contributed by atoms with Crippen LogP contribution in [0.5, 0.6) is 0 Å². The Hall–Kier alpha value is -2.22. The Balaban J connectivity index is 2.06. The quantitative estimate of drug-likeness (QED) is 0.869. The Morgan fingerprint density at radius 3 is 2.44 bits per heavy atom. The molecule has 1 aromatic carbocycles. The maximum atomic E-state index is 13.5. The van der Waals surface area contributed by atoms with Crippen molar-refractivity contribution < 1.29 is 27.8 Å². The van der Waals surface area contributed by atoms with Crippen molar-refractivity contribution in [1.82, 2.24) is 10.2 Å². The van der Waals surface area contributed by atoms with Gasteiger partial charge >= 0.3 is 6.09 Å². The Labute approximate surface area is 157 Å². The van der Waals surface area contributed by atoms with E-state index in [2.05, 4.69) is 5.32 Å². The van der Waals surface area contributed by atoms with Gasteiger partial charge in [0, 0.05) is 6.54 Å². The molecule has 0 spiro atoms. The second-order valence-electron chi connectivity index (χ2n) is 8.04. The first-order valence-corrected chi connectivity index (χ1v) is 8.76. The summed E-state index contributed by atoms with van der Waals surface area (Å²) in [7, 11) is 0. The van der Waals surface area contributed by atoms with Gasteiger partial charge in [-0.3, -0.25) is 4.79 Å². The summed E-state index contributed by atoms with van der Waals surface area (Å²) < 4.78 is 37.4. The number of halogens is 2. The van der Waals surface area contributed by atoms with Crippen molar-refractivity contribution >= 4 is 12.0 Å². The summed E-state index contributed by atoms with van der Waals surface area (Å²) in [4.78, 5) is 26.4. The number of ether oxygens (including phenoxy) is 2. The molecule has 0 saturated carbocycles. The van der Waals surface area contributed by atoms with Crippen LogP contribution in [0, 0.1) is 11.6 Å². The third kappa shape index (κ3) is 5.63. The minimum atomic E-state index is -1.20. The number of nitrogens with one attached hydrogen (secondary N) is 1. The summed E-state index contributed by atoms with van der Waals surface area (Å²) in [5.41, 5.74) is -1.43. The Morgan fingerprint density at radius 2 is 1.85 bits per heavy atom. The molecule has 8 heteroatoms. The predicted octanol–water partition coefficient (Wildman–Crippen LogP) is 3.17. The predicted molar refractivity (Wildman–Crippen MR) is 95.1 cm³/mol. The molecule has 1 N–H and O–H groups in total. The molecule has 1 aliphatic rings. The molecule has 0 aromatic heterocycles. The lowest BCUT2D eigenvalue weighted by molar-refractivity contribution is -0.144. The van der Waals surface area contributed by atoms with Gasteiger partial charge in [0.25, 0.3) is 0 Å². The van der Waals surface area contributed by atoms with Gasteiger partial charge in [-0.25, -0.2) is 13.6 Å². The van der Waals surface area contributed by atoms with Gasteiger partial charge in [-0.1, -0.05) is 6.07 Å². The van der Waals surface area contributed by atoms with Crippen LogP contribution < -0.4 is 5.32 Å². The molecule has 0 aliphatic carbocycles. The van der Waals surface area contributed by atoms with Crippen molar-refractivity contribution in [1.29, 1.82) is 0 Å². The molecule has 6 nitrogen and oxygen atoms in total. The number of hydrogen-bond acceptors (Lipinski definition) is 4. The summed E-state index contributed by atoms with van der Waals surface area (Å²) in [5, 5.41) is 2.58. The van der Waals surface area contributed by atoms with E-state index in [0.717, 1.165) is 12.1 Å². The van der Waals surface area contributed by atoms with Crippen LogP contribution in [-0.2, 0) is 14.3 Å². The number of carbonyl (C=O) groups is 2. The molecule has 1 aliphatic heterocycles. The van der Waals surface area contributed by atoms with E-state index in [1.165, 1.54) is 11.0 Å². The molecule has 27 heavy (non-hydrogen) atoms. The van der Waals surface area contributed by atoms with Crippen LogP contribution >= 0.6 is 0 Å². The summed E-state index contributed by atoms with van der Waals surface area (Å²) in [5.74, 6) is -2.22. The standard InChI is InChI=1S/C19H26F2N2O4/c1-18(2,3)27-17(25)22-19(4,5)16(24)23-8-9-26-15(11-23)12-6-7-13(20)14(21)10-12/h6-7,10,15H,8-9,11H2,1-5H3,(H,22,25)/t15-/m1/s1. The lowest BCUT2D eigenvalue weighted by atomic mass is 10.0. The van der Waals surface area contributed by atoms with Crippen LogP contribution in [0.15, 0.2) is 18.2 Å². The number of rotatable bonds is 3. The van der Waals surface area contributed by atoms with E-state index in [0.29, 0.717) is 12.1 Å². The van der Waals surface area contributed by atoms with E-state index in [-0.39, 0.29) is 19.1 Å². The van der Waals surface area contributed by atoms with E-state index in [1.54, 1.807) is 34.6 Å². The largest absolute Gasteiger partial charge is 0.444 e. The van der Waals surface area contributed by atoms with Gasteiger partial charge in [0.05, 0.1) is 13.2 Å². The highest BCUT2D eigenvalue weighted by molar-refractivity contribution is 5.89. The summed E-state index contributed by atoms with van der Waals surface area (Å²) in [6.45, 7) is 9.11. The molecule has 2 rings (SSSR count). The van der Waals surface area contributed by atoms with E-state index in [1.807, 2.05) is 0 Å². The molecule has 0 radical (unpaired) electrons. The number of alkyl carbamates (subject to hydrolysis) is 1. The van der Waals surface area contributed by atoms with Crippen LogP contribution in [0.2, 0.25) is 0 Å². The van der Waals surface area contributed by atoms with Gasteiger partial charge in [0.15, 0.2) is 11.6 Å². The van der Waals surface area contributed by atoms with Crippen molar-refractivity contribution in [2.45, 2.75) is 51.9 Å². The average molecular weight is 384 g/mol. The zero-order valence-electron chi connectivity index (χ0n) is 16.3. The highest BCUT2D eigenvalue weighted by atomic mass is 19.2.